The lowest BCUT2D eigenvalue weighted by molar-refractivity contribution is 0.482. The number of nitrogen functional groups attached to an aromatic ring is 1. The van der Waals surface area contributed by atoms with Crippen LogP contribution in [0.1, 0.15) is 5.56 Å². The molecule has 1 atom stereocenters. The van der Waals surface area contributed by atoms with Gasteiger partial charge in [-0.05, 0) is 47.5 Å². The van der Waals surface area contributed by atoms with E-state index in [1.165, 1.54) is 12.1 Å². The van der Waals surface area contributed by atoms with Crippen LogP contribution in [0.25, 0.3) is 0 Å². The van der Waals surface area contributed by atoms with Gasteiger partial charge in [-0.1, -0.05) is 12.1 Å². The van der Waals surface area contributed by atoms with E-state index in [9.17, 15) is 8.76 Å². The van der Waals surface area contributed by atoms with E-state index >= 15 is 0 Å². The van der Waals surface area contributed by atoms with Crippen LogP contribution in [0.4, 0.5) is 0 Å². The Kier molecular flexibility index (Phi) is 3.94. The van der Waals surface area contributed by atoms with Gasteiger partial charge in [0.1, 0.15) is 17.3 Å². The van der Waals surface area contributed by atoms with E-state index in [0.717, 1.165) is 0 Å². The number of hydrogen-bond acceptors (Lipinski definition) is 4. The fourth-order valence-corrected chi connectivity index (χ4v) is 1.84. The Labute approximate surface area is 112 Å². The van der Waals surface area contributed by atoms with E-state index in [-0.39, 0.29) is 10.7 Å². The first-order valence-electron chi connectivity index (χ1n) is 5.38. The van der Waals surface area contributed by atoms with Crippen LogP contribution >= 0.6 is 0 Å². The molecule has 0 heterocycles. The number of rotatable bonds is 4. The molecule has 0 aliphatic carbocycles. The molecule has 0 saturated heterocycles. The second-order valence-electron chi connectivity index (χ2n) is 3.75. The monoisotopic (exact) mass is 275 g/mol. The Morgan fingerprint density at radius 3 is 2.42 bits per heavy atom. The quantitative estimate of drug-likeness (QED) is 0.506. The third-order valence-corrected chi connectivity index (χ3v) is 3.05. The number of amidine groups is 1. The fourth-order valence-electron chi connectivity index (χ4n) is 1.48. The lowest BCUT2D eigenvalue weighted by atomic mass is 10.2. The molecule has 0 bridgehead atoms. The summed E-state index contributed by atoms with van der Waals surface area (Å²) in [4.78, 5) is 0.199. The maximum absolute atomic E-state index is 10.7. The van der Waals surface area contributed by atoms with Crippen LogP contribution in [0, 0.1) is 5.41 Å². The number of nitrogens with one attached hydrogen (secondary N) is 1. The molecule has 2 aromatic rings. The number of hydrogen-bond donors (Lipinski definition) is 2. The summed E-state index contributed by atoms with van der Waals surface area (Å²) in [7, 11) is 0. The molecule has 2 aromatic carbocycles. The van der Waals surface area contributed by atoms with E-state index in [0.29, 0.717) is 17.1 Å². The van der Waals surface area contributed by atoms with Crippen LogP contribution in [0.15, 0.2) is 53.4 Å². The minimum atomic E-state index is -2.24. The first-order chi connectivity index (χ1) is 9.06. The number of nitrogens with two attached hydrogens (primary N) is 1. The Balaban J connectivity index is 2.19. The van der Waals surface area contributed by atoms with Crippen molar-refractivity contribution in [2.45, 2.75) is 4.90 Å². The fraction of sp³-hybridized carbons (Fsp3) is 0. The van der Waals surface area contributed by atoms with Gasteiger partial charge in [-0.15, -0.1) is 0 Å². The second-order valence-corrected chi connectivity index (χ2v) is 4.69. The average molecular weight is 275 g/mol. The Morgan fingerprint density at radius 2 is 1.84 bits per heavy atom. The largest absolute Gasteiger partial charge is 0.768 e. The maximum Gasteiger partial charge on any atom is 0.128 e. The summed E-state index contributed by atoms with van der Waals surface area (Å²) < 4.78 is 27.0. The topological polar surface area (TPSA) is 99.2 Å². The molecule has 0 aliphatic rings. The molecule has 0 amide bonds. The molecule has 3 N–H and O–H groups in total. The van der Waals surface area contributed by atoms with Crippen molar-refractivity contribution in [3.05, 3.63) is 54.1 Å². The minimum Gasteiger partial charge on any atom is -0.768 e. The smallest absolute Gasteiger partial charge is 0.128 e. The predicted molar refractivity (Wildman–Crippen MR) is 71.2 cm³/mol. The SMILES string of the molecule is N=C(N)c1cccc(Oc2ccc(S(=O)[O-])cc2)c1. The summed E-state index contributed by atoms with van der Waals surface area (Å²) >= 11 is -2.24. The van der Waals surface area contributed by atoms with Crippen molar-refractivity contribution in [2.75, 3.05) is 0 Å². The van der Waals surface area contributed by atoms with Gasteiger partial charge in [-0.3, -0.25) is 9.62 Å². The lowest BCUT2D eigenvalue weighted by Crippen LogP contribution is -2.10. The van der Waals surface area contributed by atoms with Crippen molar-refractivity contribution in [2.24, 2.45) is 5.73 Å². The predicted octanol–water partition coefficient (Wildman–Crippen LogP) is 2.00. The van der Waals surface area contributed by atoms with Gasteiger partial charge in [-0.25, -0.2) is 0 Å². The third kappa shape index (κ3) is 3.40. The molecule has 0 fully saturated rings. The Hall–Kier alpha value is -2.18. The van der Waals surface area contributed by atoms with E-state index < -0.39 is 11.1 Å². The van der Waals surface area contributed by atoms with Gasteiger partial charge in [0.05, 0.1) is 0 Å². The zero-order chi connectivity index (χ0) is 13.8. The van der Waals surface area contributed by atoms with E-state index in [4.69, 9.17) is 15.9 Å². The number of benzene rings is 2. The zero-order valence-electron chi connectivity index (χ0n) is 9.83. The lowest BCUT2D eigenvalue weighted by Gasteiger charge is -2.09. The van der Waals surface area contributed by atoms with Gasteiger partial charge in [0, 0.05) is 10.5 Å². The van der Waals surface area contributed by atoms with Gasteiger partial charge in [-0.2, -0.15) is 0 Å². The molecule has 1 unspecified atom stereocenters. The molecule has 6 heteroatoms. The zero-order valence-corrected chi connectivity index (χ0v) is 10.6. The summed E-state index contributed by atoms with van der Waals surface area (Å²) in [5, 5.41) is 7.34. The van der Waals surface area contributed by atoms with Crippen molar-refractivity contribution in [1.82, 2.24) is 0 Å². The molecule has 0 saturated carbocycles. The van der Waals surface area contributed by atoms with Gasteiger partial charge >= 0.3 is 0 Å². The molecule has 2 rings (SSSR count). The van der Waals surface area contributed by atoms with Crippen molar-refractivity contribution >= 4 is 16.9 Å². The highest BCUT2D eigenvalue weighted by atomic mass is 32.2. The molecular weight excluding hydrogens is 264 g/mol. The molecule has 0 radical (unpaired) electrons. The van der Waals surface area contributed by atoms with Gasteiger partial charge in [0.2, 0.25) is 0 Å². The summed E-state index contributed by atoms with van der Waals surface area (Å²) in [5.41, 5.74) is 5.95. The van der Waals surface area contributed by atoms with Crippen molar-refractivity contribution in [3.63, 3.8) is 0 Å². The third-order valence-electron chi connectivity index (χ3n) is 2.40. The van der Waals surface area contributed by atoms with E-state index in [1.807, 2.05) is 0 Å². The van der Waals surface area contributed by atoms with Crippen LogP contribution in [0.3, 0.4) is 0 Å². The van der Waals surface area contributed by atoms with Gasteiger partial charge in [0.15, 0.2) is 0 Å². The Bertz CT molecular complexity index is 626. The average Bonchev–Trinajstić information content (AvgIpc) is 2.39. The standard InChI is InChI=1S/C13H12N2O3S/c14-13(15)9-2-1-3-11(8-9)18-10-4-6-12(7-5-10)19(16)17/h1-8H,(H3,14,15)(H,16,17)/p-1. The molecule has 5 nitrogen and oxygen atoms in total. The first kappa shape index (κ1) is 13.3. The highest BCUT2D eigenvalue weighted by Gasteiger charge is 2.01. The van der Waals surface area contributed by atoms with Crippen molar-refractivity contribution in [3.8, 4) is 11.5 Å². The Morgan fingerprint density at radius 1 is 1.16 bits per heavy atom. The normalized spacial score (nSPS) is 11.8. The first-order valence-corrected chi connectivity index (χ1v) is 6.45. The summed E-state index contributed by atoms with van der Waals surface area (Å²) in [6.45, 7) is 0. The van der Waals surface area contributed by atoms with Crippen molar-refractivity contribution < 1.29 is 13.5 Å². The summed E-state index contributed by atoms with van der Waals surface area (Å²) in [5.74, 6) is 1.00. The second kappa shape index (κ2) is 5.64. The van der Waals surface area contributed by atoms with Crippen LogP contribution < -0.4 is 10.5 Å². The van der Waals surface area contributed by atoms with Gasteiger partial charge in [0.25, 0.3) is 0 Å². The highest BCUT2D eigenvalue weighted by molar-refractivity contribution is 7.79. The molecule has 98 valence electrons. The van der Waals surface area contributed by atoms with E-state index in [1.54, 1.807) is 36.4 Å². The minimum absolute atomic E-state index is 0.0393. The maximum atomic E-state index is 10.7. The van der Waals surface area contributed by atoms with Crippen LogP contribution in [-0.2, 0) is 11.1 Å². The number of ether oxygens (including phenoxy) is 1. The summed E-state index contributed by atoms with van der Waals surface area (Å²) in [6.07, 6.45) is 0. The molecule has 0 aliphatic heterocycles. The molecule has 0 aromatic heterocycles. The van der Waals surface area contributed by atoms with E-state index in [2.05, 4.69) is 0 Å². The molecule has 19 heavy (non-hydrogen) atoms. The van der Waals surface area contributed by atoms with Crippen LogP contribution in [0.2, 0.25) is 0 Å². The van der Waals surface area contributed by atoms with Gasteiger partial charge < -0.3 is 15.0 Å². The highest BCUT2D eigenvalue weighted by Crippen LogP contribution is 2.23. The van der Waals surface area contributed by atoms with Crippen LogP contribution in [-0.4, -0.2) is 14.6 Å². The molecule has 0 spiro atoms. The van der Waals surface area contributed by atoms with Crippen LogP contribution in [0.5, 0.6) is 11.5 Å². The summed E-state index contributed by atoms with van der Waals surface area (Å²) in [6, 6.07) is 12.8. The molecular formula is C13H11N2O3S-. The van der Waals surface area contributed by atoms with Crippen molar-refractivity contribution in [1.29, 1.82) is 5.41 Å².